The number of piperidine rings is 2. The van der Waals surface area contributed by atoms with Gasteiger partial charge in [-0.15, -0.1) is 0 Å². The molecule has 1 aromatic rings. The molecule has 0 radical (unpaired) electrons. The van der Waals surface area contributed by atoms with Crippen molar-refractivity contribution in [1.29, 1.82) is 0 Å². The Morgan fingerprint density at radius 1 is 1.19 bits per heavy atom. The Hall–Kier alpha value is -1.90. The lowest BCUT2D eigenvalue weighted by Crippen LogP contribution is -2.49. The van der Waals surface area contributed by atoms with E-state index < -0.39 is 11.9 Å². The molecule has 1 N–H and O–H groups in total. The molecule has 0 saturated carbocycles. The third-order valence-corrected chi connectivity index (χ3v) is 5.10. The second-order valence-electron chi connectivity index (χ2n) is 7.13. The maximum absolute atomic E-state index is 12.8. The normalized spacial score (nSPS) is 23.1. The highest BCUT2D eigenvalue weighted by molar-refractivity contribution is 5.79. The first kappa shape index (κ1) is 18.9. The van der Waals surface area contributed by atoms with E-state index >= 15 is 0 Å². The van der Waals surface area contributed by atoms with Crippen molar-refractivity contribution in [3.63, 3.8) is 0 Å². The van der Waals surface area contributed by atoms with Crippen molar-refractivity contribution in [2.45, 2.75) is 37.9 Å². The van der Waals surface area contributed by atoms with Crippen LogP contribution < -0.4 is 10.2 Å². The minimum Gasteiger partial charge on any atom is -0.356 e. The maximum atomic E-state index is 12.8. The molecule has 2 saturated heterocycles. The first-order valence-electron chi connectivity index (χ1n) is 8.96. The van der Waals surface area contributed by atoms with E-state index in [1.807, 2.05) is 11.9 Å². The molecule has 1 atom stereocenters. The summed E-state index contributed by atoms with van der Waals surface area (Å²) in [6, 6.07) is 1.05. The first-order valence-corrected chi connectivity index (χ1v) is 8.96. The number of hydrogen-bond acceptors (Lipinski definition) is 5. The number of halogens is 3. The van der Waals surface area contributed by atoms with Gasteiger partial charge in [-0.25, -0.2) is 9.97 Å². The van der Waals surface area contributed by atoms with E-state index in [1.165, 1.54) is 0 Å². The van der Waals surface area contributed by atoms with Crippen molar-refractivity contribution in [3.8, 4) is 0 Å². The molecule has 3 heterocycles. The van der Waals surface area contributed by atoms with Crippen molar-refractivity contribution in [1.82, 2.24) is 20.2 Å². The van der Waals surface area contributed by atoms with Gasteiger partial charge in [0.1, 0.15) is 17.8 Å². The monoisotopic (exact) mass is 371 g/mol. The van der Waals surface area contributed by atoms with Gasteiger partial charge in [0.2, 0.25) is 5.91 Å². The lowest BCUT2D eigenvalue weighted by atomic mass is 9.96. The molecule has 0 spiro atoms. The largest absolute Gasteiger partial charge is 0.433 e. The molecule has 0 bridgehead atoms. The van der Waals surface area contributed by atoms with Gasteiger partial charge < -0.3 is 15.1 Å². The summed E-state index contributed by atoms with van der Waals surface area (Å²) in [5, 5.41) is 3.11. The van der Waals surface area contributed by atoms with Crippen molar-refractivity contribution < 1.29 is 18.0 Å². The number of hydrogen-bond donors (Lipinski definition) is 1. The number of alkyl halides is 3. The van der Waals surface area contributed by atoms with Crippen LogP contribution in [0.3, 0.4) is 0 Å². The van der Waals surface area contributed by atoms with Gasteiger partial charge in [0.05, 0.1) is 5.92 Å². The van der Waals surface area contributed by atoms with Crippen LogP contribution in [0.1, 0.15) is 31.4 Å². The SMILES string of the molecule is CN1CCC[C@@H](C(=O)NC2CCN(c3cc(C(F)(F)F)ncn3)CC2)C1. The van der Waals surface area contributed by atoms with Crippen molar-refractivity contribution >= 4 is 11.7 Å². The zero-order chi connectivity index (χ0) is 18.7. The second kappa shape index (κ2) is 7.77. The highest BCUT2D eigenvalue weighted by Gasteiger charge is 2.34. The molecule has 2 aliphatic rings. The number of anilines is 1. The zero-order valence-corrected chi connectivity index (χ0v) is 14.8. The van der Waals surface area contributed by atoms with Gasteiger partial charge in [0, 0.05) is 31.7 Å². The van der Waals surface area contributed by atoms with Gasteiger partial charge in [-0.2, -0.15) is 13.2 Å². The molecule has 26 heavy (non-hydrogen) atoms. The van der Waals surface area contributed by atoms with E-state index in [9.17, 15) is 18.0 Å². The molecular formula is C17H24F3N5O. The van der Waals surface area contributed by atoms with Gasteiger partial charge in [-0.05, 0) is 39.3 Å². The molecule has 2 aliphatic heterocycles. The number of carbonyl (C=O) groups excluding carboxylic acids is 1. The number of rotatable bonds is 3. The van der Waals surface area contributed by atoms with E-state index in [2.05, 4.69) is 20.2 Å². The Balaban J connectivity index is 1.52. The van der Waals surface area contributed by atoms with Crippen LogP contribution in [0.2, 0.25) is 0 Å². The smallest absolute Gasteiger partial charge is 0.356 e. The van der Waals surface area contributed by atoms with Crippen molar-refractivity contribution in [2.24, 2.45) is 5.92 Å². The molecular weight excluding hydrogens is 347 g/mol. The summed E-state index contributed by atoms with van der Waals surface area (Å²) < 4.78 is 38.4. The Kier molecular flexibility index (Phi) is 5.64. The molecule has 1 aromatic heterocycles. The topological polar surface area (TPSA) is 61.4 Å². The number of aromatic nitrogens is 2. The summed E-state index contributed by atoms with van der Waals surface area (Å²) in [6.45, 7) is 2.93. The standard InChI is InChI=1S/C17H24F3N5O/c1-24-6-2-3-12(10-24)16(26)23-13-4-7-25(8-5-13)15-9-14(17(18,19)20)21-11-22-15/h9,11-13H,2-8,10H2,1H3,(H,23,26)/t12-/m1/s1. The van der Waals surface area contributed by atoms with Gasteiger partial charge in [0.25, 0.3) is 0 Å². The van der Waals surface area contributed by atoms with Crippen LogP contribution in [0.5, 0.6) is 0 Å². The Bertz CT molecular complexity index is 631. The first-order chi connectivity index (χ1) is 12.3. The fourth-order valence-electron chi connectivity index (χ4n) is 3.63. The lowest BCUT2D eigenvalue weighted by Gasteiger charge is -2.35. The third kappa shape index (κ3) is 4.63. The van der Waals surface area contributed by atoms with Crippen LogP contribution in [-0.4, -0.2) is 60.0 Å². The summed E-state index contributed by atoms with van der Waals surface area (Å²) in [7, 11) is 2.02. The summed E-state index contributed by atoms with van der Waals surface area (Å²) in [5.41, 5.74) is -0.931. The van der Waals surface area contributed by atoms with Crippen LogP contribution in [-0.2, 0) is 11.0 Å². The number of amides is 1. The average Bonchev–Trinajstić information content (AvgIpc) is 2.62. The summed E-state index contributed by atoms with van der Waals surface area (Å²) >= 11 is 0. The van der Waals surface area contributed by atoms with Crippen molar-refractivity contribution in [3.05, 3.63) is 18.1 Å². The molecule has 9 heteroatoms. The fourth-order valence-corrected chi connectivity index (χ4v) is 3.63. The molecule has 0 unspecified atom stereocenters. The quantitative estimate of drug-likeness (QED) is 0.880. The highest BCUT2D eigenvalue weighted by atomic mass is 19.4. The minimum absolute atomic E-state index is 0.0305. The average molecular weight is 371 g/mol. The second-order valence-corrected chi connectivity index (χ2v) is 7.13. The van der Waals surface area contributed by atoms with Gasteiger partial charge in [-0.3, -0.25) is 4.79 Å². The summed E-state index contributed by atoms with van der Waals surface area (Å²) in [6.07, 6.45) is -0.194. The molecule has 144 valence electrons. The number of likely N-dealkylation sites (tertiary alicyclic amines) is 1. The zero-order valence-electron chi connectivity index (χ0n) is 14.8. The molecule has 1 amide bonds. The summed E-state index contributed by atoms with van der Waals surface area (Å²) in [5.74, 6) is 0.408. The Morgan fingerprint density at radius 3 is 2.58 bits per heavy atom. The van der Waals surface area contributed by atoms with Crippen LogP contribution in [0, 0.1) is 5.92 Å². The Morgan fingerprint density at radius 2 is 1.92 bits per heavy atom. The van der Waals surface area contributed by atoms with E-state index in [0.29, 0.717) is 25.9 Å². The van der Waals surface area contributed by atoms with Crippen LogP contribution in [0.15, 0.2) is 12.4 Å². The molecule has 0 aromatic carbocycles. The van der Waals surface area contributed by atoms with E-state index in [-0.39, 0.29) is 23.7 Å². The van der Waals surface area contributed by atoms with Gasteiger partial charge in [0.15, 0.2) is 0 Å². The predicted octanol–water partition coefficient (Wildman–Crippen LogP) is 1.92. The fraction of sp³-hybridized carbons (Fsp3) is 0.706. The molecule has 0 aliphatic carbocycles. The van der Waals surface area contributed by atoms with E-state index in [0.717, 1.165) is 38.3 Å². The maximum Gasteiger partial charge on any atom is 0.433 e. The lowest BCUT2D eigenvalue weighted by molar-refractivity contribution is -0.141. The number of nitrogens with one attached hydrogen (secondary N) is 1. The molecule has 3 rings (SSSR count). The van der Waals surface area contributed by atoms with E-state index in [1.54, 1.807) is 0 Å². The highest BCUT2D eigenvalue weighted by Crippen LogP contribution is 2.29. The van der Waals surface area contributed by atoms with Crippen LogP contribution in [0.25, 0.3) is 0 Å². The number of nitrogens with zero attached hydrogens (tertiary/aromatic N) is 4. The van der Waals surface area contributed by atoms with Gasteiger partial charge >= 0.3 is 6.18 Å². The Labute approximate surface area is 150 Å². The predicted molar refractivity (Wildman–Crippen MR) is 90.6 cm³/mol. The molecule has 6 nitrogen and oxygen atoms in total. The van der Waals surface area contributed by atoms with E-state index in [4.69, 9.17) is 0 Å². The summed E-state index contributed by atoms with van der Waals surface area (Å²) in [4.78, 5) is 23.7. The third-order valence-electron chi connectivity index (χ3n) is 5.10. The van der Waals surface area contributed by atoms with Crippen LogP contribution >= 0.6 is 0 Å². The van der Waals surface area contributed by atoms with Gasteiger partial charge in [-0.1, -0.05) is 0 Å². The minimum atomic E-state index is -4.48. The van der Waals surface area contributed by atoms with Crippen molar-refractivity contribution in [2.75, 3.05) is 38.1 Å². The molecule has 2 fully saturated rings. The number of carbonyl (C=O) groups is 1. The van der Waals surface area contributed by atoms with Crippen LogP contribution in [0.4, 0.5) is 19.0 Å².